The van der Waals surface area contributed by atoms with Crippen molar-refractivity contribution in [1.29, 1.82) is 0 Å². The van der Waals surface area contributed by atoms with Crippen LogP contribution in [0.3, 0.4) is 0 Å². The molecule has 1 aromatic rings. The largest absolute Gasteiger partial charge is 0.481 e. The predicted octanol–water partition coefficient (Wildman–Crippen LogP) is 3.30. The van der Waals surface area contributed by atoms with E-state index in [-0.39, 0.29) is 12.5 Å². The van der Waals surface area contributed by atoms with E-state index in [9.17, 15) is 9.59 Å². The fourth-order valence-corrected chi connectivity index (χ4v) is 2.07. The average Bonchev–Trinajstić information content (AvgIpc) is 2.40. The molecule has 1 N–H and O–H groups in total. The van der Waals surface area contributed by atoms with Crippen molar-refractivity contribution in [1.82, 2.24) is 0 Å². The molecule has 0 fully saturated rings. The van der Waals surface area contributed by atoms with Crippen molar-refractivity contribution >= 4 is 58.0 Å². The number of nitrogens with one attached hydrogen (secondary N) is 1. The monoisotopic (exact) mass is 362 g/mol. The Hall–Kier alpha value is -1.43. The first kappa shape index (κ1) is 16.9. The van der Waals surface area contributed by atoms with E-state index < -0.39 is 9.70 Å². The molecule has 0 aromatic heterocycles. The minimum Gasteiger partial charge on any atom is -0.481 e. The number of ether oxygens (including phenoxy) is 1. The number of hydrogen-bond donors (Lipinski definition) is 1. The summed E-state index contributed by atoms with van der Waals surface area (Å²) in [4.78, 5) is 25.1. The first-order valence-electron chi connectivity index (χ1n) is 6.28. The zero-order valence-electron chi connectivity index (χ0n) is 11.7. The highest BCUT2D eigenvalue weighted by molar-refractivity contribution is 6.76. The number of amides is 2. The lowest BCUT2D eigenvalue weighted by Crippen LogP contribution is -2.39. The molecule has 0 aliphatic carbocycles. The van der Waals surface area contributed by atoms with Crippen molar-refractivity contribution < 1.29 is 14.3 Å². The lowest BCUT2D eigenvalue weighted by atomic mass is 10.2. The molecule has 0 spiro atoms. The van der Waals surface area contributed by atoms with Crippen molar-refractivity contribution in [3.8, 4) is 5.75 Å². The van der Waals surface area contributed by atoms with E-state index in [4.69, 9.17) is 39.5 Å². The number of nitrogens with zero attached hydrogens (tertiary/aromatic N) is 1. The number of halogens is 3. The van der Waals surface area contributed by atoms with Gasteiger partial charge in [-0.25, -0.2) is 0 Å². The van der Waals surface area contributed by atoms with Crippen molar-refractivity contribution in [3.05, 3.63) is 30.4 Å². The highest BCUT2D eigenvalue weighted by Crippen LogP contribution is 2.35. The number of hydrogen-bond acceptors (Lipinski definition) is 3. The van der Waals surface area contributed by atoms with E-state index in [1.165, 1.54) is 0 Å². The van der Waals surface area contributed by atoms with Crippen LogP contribution in [-0.2, 0) is 9.59 Å². The third kappa shape index (κ3) is 3.85. The standard InChI is InChI=1S/C14H13Cl3N2O3/c1-8(2)6-19-10-4-3-9(18-13(21)14(15,16)17)5-11(10)22-7-12(19)20/h3-5H,1,6-7H2,2H3,(H,18,21). The summed E-state index contributed by atoms with van der Waals surface area (Å²) in [7, 11) is 0. The van der Waals surface area contributed by atoms with Gasteiger partial charge >= 0.3 is 0 Å². The maximum atomic E-state index is 11.9. The smallest absolute Gasteiger partial charge is 0.276 e. The van der Waals surface area contributed by atoms with Gasteiger partial charge in [-0.15, -0.1) is 0 Å². The lowest BCUT2D eigenvalue weighted by Gasteiger charge is -2.30. The number of alkyl halides is 3. The van der Waals surface area contributed by atoms with E-state index in [0.717, 1.165) is 5.57 Å². The summed E-state index contributed by atoms with van der Waals surface area (Å²) in [5.41, 5.74) is 1.85. The van der Waals surface area contributed by atoms with Crippen LogP contribution in [0.1, 0.15) is 6.92 Å². The maximum absolute atomic E-state index is 11.9. The van der Waals surface area contributed by atoms with Crippen LogP contribution in [0.5, 0.6) is 5.75 Å². The molecule has 0 atom stereocenters. The first-order chi connectivity index (χ1) is 10.2. The Morgan fingerprint density at radius 3 is 2.73 bits per heavy atom. The van der Waals surface area contributed by atoms with Gasteiger partial charge in [-0.05, 0) is 19.1 Å². The molecule has 118 valence electrons. The summed E-state index contributed by atoms with van der Waals surface area (Å²) >= 11 is 16.5. The number of rotatable bonds is 3. The summed E-state index contributed by atoms with van der Waals surface area (Å²) in [6.07, 6.45) is 0. The van der Waals surface area contributed by atoms with Crippen molar-refractivity contribution in [3.63, 3.8) is 0 Å². The van der Waals surface area contributed by atoms with Gasteiger partial charge in [0.25, 0.3) is 15.6 Å². The average molecular weight is 364 g/mol. The molecule has 22 heavy (non-hydrogen) atoms. The van der Waals surface area contributed by atoms with E-state index in [1.807, 2.05) is 6.92 Å². The van der Waals surface area contributed by atoms with Gasteiger partial charge in [-0.1, -0.05) is 47.0 Å². The first-order valence-corrected chi connectivity index (χ1v) is 7.41. The van der Waals surface area contributed by atoms with Gasteiger partial charge in [0.1, 0.15) is 5.75 Å². The third-order valence-electron chi connectivity index (χ3n) is 2.85. The van der Waals surface area contributed by atoms with Crippen LogP contribution < -0.4 is 15.0 Å². The molecule has 2 amide bonds. The summed E-state index contributed by atoms with van der Waals surface area (Å²) < 4.78 is 3.33. The van der Waals surface area contributed by atoms with Gasteiger partial charge in [0.2, 0.25) is 0 Å². The molecule has 1 aliphatic rings. The Labute approximate surface area is 142 Å². The fourth-order valence-electron chi connectivity index (χ4n) is 1.93. The van der Waals surface area contributed by atoms with Crippen molar-refractivity contribution in [2.24, 2.45) is 0 Å². The summed E-state index contributed by atoms with van der Waals surface area (Å²) in [5.74, 6) is -0.473. The number of benzene rings is 1. The molecular weight excluding hydrogens is 351 g/mol. The molecule has 8 heteroatoms. The highest BCUT2D eigenvalue weighted by atomic mass is 35.6. The lowest BCUT2D eigenvalue weighted by molar-refractivity contribution is -0.121. The zero-order valence-corrected chi connectivity index (χ0v) is 13.9. The zero-order chi connectivity index (χ0) is 16.5. The maximum Gasteiger partial charge on any atom is 0.276 e. The second kappa shape index (κ2) is 6.36. The Kier molecular flexibility index (Phi) is 4.90. The second-order valence-corrected chi connectivity index (χ2v) is 7.14. The summed E-state index contributed by atoms with van der Waals surface area (Å²) in [6, 6.07) is 4.82. The molecule has 2 rings (SSSR count). The fraction of sp³-hybridized carbons (Fsp3) is 0.286. The molecule has 1 heterocycles. The van der Waals surface area contributed by atoms with Crippen LogP contribution in [0.2, 0.25) is 0 Å². The van der Waals surface area contributed by atoms with Crippen molar-refractivity contribution in [2.45, 2.75) is 10.7 Å². The number of anilines is 2. The predicted molar refractivity (Wildman–Crippen MR) is 88.0 cm³/mol. The Balaban J connectivity index is 2.26. The van der Waals surface area contributed by atoms with Crippen molar-refractivity contribution in [2.75, 3.05) is 23.4 Å². The van der Waals surface area contributed by atoms with Crippen LogP contribution in [0.15, 0.2) is 30.4 Å². The minimum absolute atomic E-state index is 0.0812. The highest BCUT2D eigenvalue weighted by Gasteiger charge is 2.31. The molecule has 0 unspecified atom stereocenters. The Bertz CT molecular complexity index is 641. The molecule has 5 nitrogen and oxygen atoms in total. The van der Waals surface area contributed by atoms with E-state index in [2.05, 4.69) is 11.9 Å². The van der Waals surface area contributed by atoms with Gasteiger partial charge in [0, 0.05) is 18.3 Å². The van der Waals surface area contributed by atoms with Crippen LogP contribution >= 0.6 is 34.8 Å². The van der Waals surface area contributed by atoms with Gasteiger partial charge in [0.05, 0.1) is 5.69 Å². The minimum atomic E-state index is -2.06. The van der Waals surface area contributed by atoms with Gasteiger partial charge in [0.15, 0.2) is 6.61 Å². The molecule has 0 bridgehead atoms. The van der Waals surface area contributed by atoms with Crippen LogP contribution in [0, 0.1) is 0 Å². The topological polar surface area (TPSA) is 58.6 Å². The van der Waals surface area contributed by atoms with Crippen LogP contribution in [0.4, 0.5) is 11.4 Å². The SMILES string of the molecule is C=C(C)CN1C(=O)COc2cc(NC(=O)C(Cl)(Cl)Cl)ccc21. The molecule has 1 aliphatic heterocycles. The van der Waals surface area contributed by atoms with E-state index in [1.54, 1.807) is 23.1 Å². The number of fused-ring (bicyclic) bond motifs is 1. The second-order valence-electron chi connectivity index (χ2n) is 4.86. The van der Waals surface area contributed by atoms with Gasteiger partial charge in [-0.2, -0.15) is 0 Å². The quantitative estimate of drug-likeness (QED) is 0.662. The Morgan fingerprint density at radius 1 is 1.45 bits per heavy atom. The van der Waals surface area contributed by atoms with Gasteiger partial charge < -0.3 is 15.0 Å². The number of carbonyl (C=O) groups excluding carboxylic acids is 2. The van der Waals surface area contributed by atoms with Crippen LogP contribution in [0.25, 0.3) is 0 Å². The number of carbonyl (C=O) groups is 2. The summed E-state index contributed by atoms with van der Waals surface area (Å²) in [5, 5.41) is 2.46. The molecule has 0 radical (unpaired) electrons. The third-order valence-corrected chi connectivity index (χ3v) is 3.36. The molecule has 1 aromatic carbocycles. The van der Waals surface area contributed by atoms with E-state index >= 15 is 0 Å². The molecular formula is C14H13Cl3N2O3. The summed E-state index contributed by atoms with van der Waals surface area (Å²) in [6.45, 7) is 5.95. The van der Waals surface area contributed by atoms with Crippen LogP contribution in [-0.4, -0.2) is 28.8 Å². The normalized spacial score (nSPS) is 14.2. The van der Waals surface area contributed by atoms with E-state index in [0.29, 0.717) is 23.7 Å². The molecule has 0 saturated heterocycles. The van der Waals surface area contributed by atoms with Gasteiger partial charge in [-0.3, -0.25) is 9.59 Å². The Morgan fingerprint density at radius 2 is 2.14 bits per heavy atom. The molecule has 0 saturated carbocycles.